The second-order valence-corrected chi connectivity index (χ2v) is 6.24. The highest BCUT2D eigenvalue weighted by Crippen LogP contribution is 2.39. The van der Waals surface area contributed by atoms with Gasteiger partial charge in [-0.05, 0) is 38.0 Å². The number of nitrogens with zero attached hydrogens (tertiary/aromatic N) is 1. The van der Waals surface area contributed by atoms with Gasteiger partial charge < -0.3 is 10.1 Å². The zero-order valence-corrected chi connectivity index (χ0v) is 12.7. The number of amides is 1. The zero-order chi connectivity index (χ0) is 14.6. The van der Waals surface area contributed by atoms with Crippen LogP contribution in [0.25, 0.3) is 0 Å². The van der Waals surface area contributed by atoms with Crippen LogP contribution in [0.4, 0.5) is 0 Å². The highest BCUT2D eigenvalue weighted by Gasteiger charge is 2.44. The van der Waals surface area contributed by atoms with Gasteiger partial charge >= 0.3 is 0 Å². The largest absolute Gasteiger partial charge is 0.376 e. The monoisotopic (exact) mass is 278 g/mol. The molecule has 4 heteroatoms. The summed E-state index contributed by atoms with van der Waals surface area (Å²) in [5.74, 6) is 0.543. The maximum absolute atomic E-state index is 12.6. The summed E-state index contributed by atoms with van der Waals surface area (Å²) < 4.78 is 5.76. The first kappa shape index (κ1) is 15.3. The molecule has 2 atom stereocenters. The Balaban J connectivity index is 2.02. The summed E-state index contributed by atoms with van der Waals surface area (Å²) >= 11 is 0. The molecule has 0 aromatic rings. The Labute approximate surface area is 121 Å². The van der Waals surface area contributed by atoms with E-state index in [4.69, 9.17) is 4.74 Å². The summed E-state index contributed by atoms with van der Waals surface area (Å²) in [5, 5.41) is 12.7. The van der Waals surface area contributed by atoms with Crippen molar-refractivity contribution >= 4 is 5.91 Å². The molecular formula is C16H26N2O2. The number of hydrogen-bond acceptors (Lipinski definition) is 3. The lowest BCUT2D eigenvalue weighted by Gasteiger charge is -2.28. The van der Waals surface area contributed by atoms with Crippen LogP contribution in [0.1, 0.15) is 58.8 Å². The third kappa shape index (κ3) is 3.15. The minimum atomic E-state index is -0.847. The summed E-state index contributed by atoms with van der Waals surface area (Å²) in [5.41, 5.74) is -0.847. The van der Waals surface area contributed by atoms with Crippen LogP contribution in [0.5, 0.6) is 0 Å². The maximum Gasteiger partial charge on any atom is 0.240 e. The van der Waals surface area contributed by atoms with Crippen LogP contribution in [0.15, 0.2) is 0 Å². The predicted octanol–water partition coefficient (Wildman–Crippen LogP) is 2.78. The lowest BCUT2D eigenvalue weighted by atomic mass is 9.79. The van der Waals surface area contributed by atoms with Crippen molar-refractivity contribution in [1.29, 1.82) is 5.26 Å². The molecule has 2 fully saturated rings. The van der Waals surface area contributed by atoms with Gasteiger partial charge in [-0.25, -0.2) is 0 Å². The Hall–Kier alpha value is -1.08. The van der Waals surface area contributed by atoms with E-state index in [1.54, 1.807) is 0 Å². The highest BCUT2D eigenvalue weighted by molar-refractivity contribution is 5.85. The fourth-order valence-electron chi connectivity index (χ4n) is 3.33. The van der Waals surface area contributed by atoms with E-state index in [-0.39, 0.29) is 18.1 Å². The molecule has 0 spiro atoms. The molecule has 20 heavy (non-hydrogen) atoms. The van der Waals surface area contributed by atoms with Gasteiger partial charge in [0.05, 0.1) is 18.2 Å². The molecule has 112 valence electrons. The van der Waals surface area contributed by atoms with Crippen LogP contribution in [0.2, 0.25) is 0 Å². The summed E-state index contributed by atoms with van der Waals surface area (Å²) in [4.78, 5) is 12.6. The van der Waals surface area contributed by atoms with Crippen LogP contribution < -0.4 is 5.32 Å². The molecule has 1 N–H and O–H groups in total. The molecule has 1 heterocycles. The number of nitriles is 1. The topological polar surface area (TPSA) is 62.1 Å². The second kappa shape index (κ2) is 6.58. The lowest BCUT2D eigenvalue weighted by molar-refractivity contribution is -0.130. The molecule has 0 aromatic heterocycles. The van der Waals surface area contributed by atoms with Crippen molar-refractivity contribution in [2.24, 2.45) is 11.3 Å². The van der Waals surface area contributed by atoms with Gasteiger partial charge in [0, 0.05) is 6.61 Å². The minimum absolute atomic E-state index is 0.0788. The lowest BCUT2D eigenvalue weighted by Crippen LogP contribution is -2.48. The van der Waals surface area contributed by atoms with E-state index < -0.39 is 5.41 Å². The van der Waals surface area contributed by atoms with Crippen molar-refractivity contribution in [2.45, 2.75) is 70.9 Å². The van der Waals surface area contributed by atoms with Gasteiger partial charge in [-0.2, -0.15) is 5.26 Å². The predicted molar refractivity (Wildman–Crippen MR) is 76.9 cm³/mol. The van der Waals surface area contributed by atoms with Crippen LogP contribution in [-0.4, -0.2) is 24.7 Å². The second-order valence-electron chi connectivity index (χ2n) is 6.24. The summed E-state index contributed by atoms with van der Waals surface area (Å²) in [6.07, 6.45) is 6.48. The summed E-state index contributed by atoms with van der Waals surface area (Å²) in [6.45, 7) is 4.79. The molecule has 1 amide bonds. The standard InChI is InChI=1S/C16H26N2O2/c1-3-8-16(11-17,9-4-2)15(19)18-13-7-10-20-14(13)12-5-6-12/h12-14H,3-10H2,1-2H3,(H,18,19). The number of nitrogens with one attached hydrogen (secondary N) is 1. The van der Waals surface area contributed by atoms with Crippen molar-refractivity contribution in [2.75, 3.05) is 6.61 Å². The SMILES string of the molecule is CCCC(C#N)(CCC)C(=O)NC1CCOC1C1CC1. The minimum Gasteiger partial charge on any atom is -0.376 e. The summed E-state index contributed by atoms with van der Waals surface area (Å²) in [6, 6.07) is 2.41. The van der Waals surface area contributed by atoms with E-state index in [0.717, 1.165) is 25.9 Å². The van der Waals surface area contributed by atoms with E-state index in [0.29, 0.717) is 18.8 Å². The van der Waals surface area contributed by atoms with Gasteiger partial charge in [-0.3, -0.25) is 4.79 Å². The molecule has 1 saturated carbocycles. The van der Waals surface area contributed by atoms with Crippen LogP contribution in [0.3, 0.4) is 0 Å². The highest BCUT2D eigenvalue weighted by atomic mass is 16.5. The Morgan fingerprint density at radius 2 is 1.95 bits per heavy atom. The van der Waals surface area contributed by atoms with E-state index in [1.807, 2.05) is 13.8 Å². The van der Waals surface area contributed by atoms with Crippen LogP contribution in [0, 0.1) is 22.7 Å². The Morgan fingerprint density at radius 1 is 1.30 bits per heavy atom. The van der Waals surface area contributed by atoms with Gasteiger partial charge in [0.15, 0.2) is 0 Å². The first-order chi connectivity index (χ1) is 9.66. The Morgan fingerprint density at radius 3 is 2.45 bits per heavy atom. The van der Waals surface area contributed by atoms with E-state index in [1.165, 1.54) is 12.8 Å². The first-order valence-corrected chi connectivity index (χ1v) is 8.00. The first-order valence-electron chi connectivity index (χ1n) is 8.00. The average molecular weight is 278 g/mol. The quantitative estimate of drug-likeness (QED) is 0.779. The number of rotatable bonds is 7. The molecule has 2 unspecified atom stereocenters. The molecular weight excluding hydrogens is 252 g/mol. The van der Waals surface area contributed by atoms with Crippen molar-refractivity contribution in [1.82, 2.24) is 5.32 Å². The van der Waals surface area contributed by atoms with Crippen molar-refractivity contribution < 1.29 is 9.53 Å². The Bertz CT molecular complexity index is 378. The third-order valence-electron chi connectivity index (χ3n) is 4.54. The van der Waals surface area contributed by atoms with Gasteiger partial charge in [-0.1, -0.05) is 26.7 Å². The van der Waals surface area contributed by atoms with E-state index >= 15 is 0 Å². The van der Waals surface area contributed by atoms with Gasteiger partial charge in [0.2, 0.25) is 5.91 Å². The molecule has 4 nitrogen and oxygen atoms in total. The molecule has 1 saturated heterocycles. The number of carbonyl (C=O) groups excluding carboxylic acids is 1. The van der Waals surface area contributed by atoms with Gasteiger partial charge in [0.25, 0.3) is 0 Å². The van der Waals surface area contributed by atoms with Gasteiger partial charge in [-0.15, -0.1) is 0 Å². The van der Waals surface area contributed by atoms with Crippen LogP contribution in [-0.2, 0) is 9.53 Å². The number of ether oxygens (including phenoxy) is 1. The maximum atomic E-state index is 12.6. The van der Waals surface area contributed by atoms with Crippen LogP contribution >= 0.6 is 0 Å². The Kier molecular flexibility index (Phi) is 5.04. The molecule has 2 aliphatic rings. The molecule has 0 bridgehead atoms. The molecule has 1 aliphatic heterocycles. The molecule has 1 aliphatic carbocycles. The number of hydrogen-bond donors (Lipinski definition) is 1. The van der Waals surface area contributed by atoms with E-state index in [2.05, 4.69) is 11.4 Å². The zero-order valence-electron chi connectivity index (χ0n) is 12.7. The van der Waals surface area contributed by atoms with Crippen molar-refractivity contribution in [3.8, 4) is 6.07 Å². The third-order valence-corrected chi connectivity index (χ3v) is 4.54. The van der Waals surface area contributed by atoms with Gasteiger partial charge in [0.1, 0.15) is 5.41 Å². The molecule has 0 radical (unpaired) electrons. The number of carbonyl (C=O) groups is 1. The summed E-state index contributed by atoms with van der Waals surface area (Å²) in [7, 11) is 0. The fraction of sp³-hybridized carbons (Fsp3) is 0.875. The normalized spacial score (nSPS) is 26.2. The average Bonchev–Trinajstić information content (AvgIpc) is 3.19. The smallest absolute Gasteiger partial charge is 0.240 e. The fourth-order valence-corrected chi connectivity index (χ4v) is 3.33. The molecule has 0 aromatic carbocycles. The van der Waals surface area contributed by atoms with E-state index in [9.17, 15) is 10.1 Å². The molecule has 2 rings (SSSR count). The van der Waals surface area contributed by atoms with Crippen molar-refractivity contribution in [3.05, 3.63) is 0 Å². The van der Waals surface area contributed by atoms with Crippen molar-refractivity contribution in [3.63, 3.8) is 0 Å².